The molecule has 3 aromatic rings. The molecule has 0 unspecified atom stereocenters. The topological polar surface area (TPSA) is 0 Å². The quantitative estimate of drug-likeness (QED) is 0.519. The predicted molar refractivity (Wildman–Crippen MR) is 96.1 cm³/mol. The van der Waals surface area contributed by atoms with Crippen LogP contribution < -0.4 is 0 Å². The van der Waals surface area contributed by atoms with Gasteiger partial charge in [0.25, 0.3) is 0 Å². The molecule has 0 atom stereocenters. The third kappa shape index (κ3) is 2.96. The third-order valence-electron chi connectivity index (χ3n) is 4.20. The molecule has 22 heavy (non-hydrogen) atoms. The summed E-state index contributed by atoms with van der Waals surface area (Å²) < 4.78 is 0. The summed E-state index contributed by atoms with van der Waals surface area (Å²) in [4.78, 5) is 0. The van der Waals surface area contributed by atoms with Gasteiger partial charge in [0.2, 0.25) is 0 Å². The number of hydrogen-bond donors (Lipinski definition) is 0. The highest BCUT2D eigenvalue weighted by atomic mass is 14.1. The first-order valence-electron chi connectivity index (χ1n) is 7.91. The van der Waals surface area contributed by atoms with E-state index in [4.69, 9.17) is 0 Å². The average Bonchev–Trinajstić information content (AvgIpc) is 2.55. The molecule has 0 saturated carbocycles. The van der Waals surface area contributed by atoms with Crippen molar-refractivity contribution in [3.05, 3.63) is 83.9 Å². The minimum absolute atomic E-state index is 0.573. The van der Waals surface area contributed by atoms with E-state index in [1.807, 2.05) is 0 Å². The first-order chi connectivity index (χ1) is 10.6. The summed E-state index contributed by atoms with van der Waals surface area (Å²) in [6, 6.07) is 26.2. The second-order valence-corrected chi connectivity index (χ2v) is 6.18. The molecule has 0 heteroatoms. The molecule has 0 aliphatic carbocycles. The minimum Gasteiger partial charge on any atom is -0.0622 e. The van der Waals surface area contributed by atoms with Gasteiger partial charge in [-0.2, -0.15) is 0 Å². The van der Waals surface area contributed by atoms with Crippen LogP contribution in [0, 0.1) is 6.92 Å². The Balaban J connectivity index is 2.03. The summed E-state index contributed by atoms with van der Waals surface area (Å²) in [5.41, 5.74) is 7.89. The number of benzene rings is 3. The monoisotopic (exact) mass is 286 g/mol. The van der Waals surface area contributed by atoms with Gasteiger partial charge in [-0.3, -0.25) is 0 Å². The minimum atomic E-state index is 0.573. The van der Waals surface area contributed by atoms with Gasteiger partial charge >= 0.3 is 0 Å². The lowest BCUT2D eigenvalue weighted by molar-refractivity contribution is 0.865. The average molecular weight is 286 g/mol. The van der Waals surface area contributed by atoms with Gasteiger partial charge < -0.3 is 0 Å². The summed E-state index contributed by atoms with van der Waals surface area (Å²) >= 11 is 0. The van der Waals surface area contributed by atoms with Crippen LogP contribution in [0.1, 0.15) is 30.9 Å². The van der Waals surface area contributed by atoms with Gasteiger partial charge in [0.05, 0.1) is 0 Å². The molecular weight excluding hydrogens is 264 g/mol. The maximum Gasteiger partial charge on any atom is -0.0154 e. The van der Waals surface area contributed by atoms with E-state index in [1.165, 1.54) is 33.4 Å². The van der Waals surface area contributed by atoms with Crippen molar-refractivity contribution < 1.29 is 0 Å². The van der Waals surface area contributed by atoms with E-state index in [0.717, 1.165) is 0 Å². The van der Waals surface area contributed by atoms with Crippen LogP contribution in [0.3, 0.4) is 0 Å². The Bertz CT molecular complexity index is 767. The fourth-order valence-electron chi connectivity index (χ4n) is 2.87. The largest absolute Gasteiger partial charge is 0.0622 e. The van der Waals surface area contributed by atoms with Gasteiger partial charge in [-0.1, -0.05) is 80.6 Å². The first-order valence-corrected chi connectivity index (χ1v) is 7.91. The summed E-state index contributed by atoms with van der Waals surface area (Å²) in [7, 11) is 0. The molecule has 0 bridgehead atoms. The van der Waals surface area contributed by atoms with E-state index in [1.54, 1.807) is 0 Å². The summed E-state index contributed by atoms with van der Waals surface area (Å²) in [6.07, 6.45) is 0. The molecule has 0 aliphatic heterocycles. The Kier molecular flexibility index (Phi) is 4.11. The lowest BCUT2D eigenvalue weighted by Gasteiger charge is -2.12. The highest BCUT2D eigenvalue weighted by molar-refractivity contribution is 5.74. The second-order valence-electron chi connectivity index (χ2n) is 6.18. The van der Waals surface area contributed by atoms with E-state index in [-0.39, 0.29) is 0 Å². The molecule has 0 saturated heterocycles. The predicted octanol–water partition coefficient (Wildman–Crippen LogP) is 6.45. The maximum atomic E-state index is 2.31. The lowest BCUT2D eigenvalue weighted by atomic mass is 9.93. The van der Waals surface area contributed by atoms with Crippen molar-refractivity contribution in [1.82, 2.24) is 0 Å². The summed E-state index contributed by atoms with van der Waals surface area (Å²) in [6.45, 7) is 6.69. The second kappa shape index (κ2) is 6.19. The van der Waals surface area contributed by atoms with Gasteiger partial charge in [0, 0.05) is 0 Å². The third-order valence-corrected chi connectivity index (χ3v) is 4.20. The Labute approximate surface area is 133 Å². The normalized spacial score (nSPS) is 10.9. The molecule has 3 rings (SSSR count). The molecule has 3 aromatic carbocycles. The zero-order valence-corrected chi connectivity index (χ0v) is 13.5. The first kappa shape index (κ1) is 14.6. The van der Waals surface area contributed by atoms with Crippen molar-refractivity contribution >= 4 is 0 Å². The lowest BCUT2D eigenvalue weighted by Crippen LogP contribution is -1.91. The van der Waals surface area contributed by atoms with Gasteiger partial charge in [0.1, 0.15) is 0 Å². The fraction of sp³-hybridized carbons (Fsp3) is 0.182. The van der Waals surface area contributed by atoms with Crippen LogP contribution in [-0.2, 0) is 0 Å². The van der Waals surface area contributed by atoms with Gasteiger partial charge in [0.15, 0.2) is 0 Å². The van der Waals surface area contributed by atoms with E-state index < -0.39 is 0 Å². The van der Waals surface area contributed by atoms with Crippen LogP contribution in [0.25, 0.3) is 22.3 Å². The molecule has 0 aromatic heterocycles. The van der Waals surface area contributed by atoms with Crippen LogP contribution >= 0.6 is 0 Å². The smallest absolute Gasteiger partial charge is 0.0154 e. The van der Waals surface area contributed by atoms with Crippen molar-refractivity contribution in [2.75, 3.05) is 0 Å². The zero-order chi connectivity index (χ0) is 15.5. The van der Waals surface area contributed by atoms with Crippen molar-refractivity contribution in [3.8, 4) is 22.3 Å². The van der Waals surface area contributed by atoms with Crippen LogP contribution in [0.5, 0.6) is 0 Å². The summed E-state index contributed by atoms with van der Waals surface area (Å²) in [5.74, 6) is 0.573. The van der Waals surface area contributed by atoms with Crippen LogP contribution in [0.4, 0.5) is 0 Å². The van der Waals surface area contributed by atoms with E-state index in [2.05, 4.69) is 93.6 Å². The molecule has 110 valence electrons. The molecule has 0 radical (unpaired) electrons. The molecule has 0 fully saturated rings. The molecule has 0 heterocycles. The van der Waals surface area contributed by atoms with Crippen molar-refractivity contribution in [2.24, 2.45) is 0 Å². The Morgan fingerprint density at radius 1 is 0.636 bits per heavy atom. The van der Waals surface area contributed by atoms with Crippen molar-refractivity contribution in [2.45, 2.75) is 26.7 Å². The fourth-order valence-corrected chi connectivity index (χ4v) is 2.87. The highest BCUT2D eigenvalue weighted by Crippen LogP contribution is 2.30. The van der Waals surface area contributed by atoms with Gasteiger partial charge in [-0.15, -0.1) is 0 Å². The van der Waals surface area contributed by atoms with E-state index >= 15 is 0 Å². The van der Waals surface area contributed by atoms with E-state index in [0.29, 0.717) is 5.92 Å². The highest BCUT2D eigenvalue weighted by Gasteiger charge is 2.06. The van der Waals surface area contributed by atoms with Crippen LogP contribution in [0.2, 0.25) is 0 Å². The SMILES string of the molecule is Cc1cc(C(C)C)ccc1-c1cccc(-c2ccccc2)c1. The summed E-state index contributed by atoms with van der Waals surface area (Å²) in [5, 5.41) is 0. The van der Waals surface area contributed by atoms with Crippen molar-refractivity contribution in [3.63, 3.8) is 0 Å². The molecule has 0 amide bonds. The standard InChI is InChI=1S/C22H22/c1-16(2)19-12-13-22(17(3)14-19)21-11-7-10-20(15-21)18-8-5-4-6-9-18/h4-16H,1-3H3. The Hall–Kier alpha value is -2.34. The Morgan fingerprint density at radius 2 is 1.32 bits per heavy atom. The zero-order valence-electron chi connectivity index (χ0n) is 13.5. The number of hydrogen-bond acceptors (Lipinski definition) is 0. The molecule has 0 nitrogen and oxygen atoms in total. The number of rotatable bonds is 3. The molecule has 0 spiro atoms. The van der Waals surface area contributed by atoms with Crippen molar-refractivity contribution in [1.29, 1.82) is 0 Å². The number of aryl methyl sites for hydroxylation is 1. The molecular formula is C22H22. The molecule has 0 aliphatic rings. The van der Waals surface area contributed by atoms with Gasteiger partial charge in [-0.25, -0.2) is 0 Å². The maximum absolute atomic E-state index is 2.31. The molecule has 0 N–H and O–H groups in total. The van der Waals surface area contributed by atoms with Crippen LogP contribution in [-0.4, -0.2) is 0 Å². The van der Waals surface area contributed by atoms with Gasteiger partial charge in [-0.05, 0) is 52.3 Å². The Morgan fingerprint density at radius 3 is 2.00 bits per heavy atom. The van der Waals surface area contributed by atoms with E-state index in [9.17, 15) is 0 Å². The van der Waals surface area contributed by atoms with Crippen LogP contribution in [0.15, 0.2) is 72.8 Å².